The molecule has 18 heavy (non-hydrogen) atoms. The van der Waals surface area contributed by atoms with Gasteiger partial charge in [0.2, 0.25) is 0 Å². The fraction of sp³-hybridized carbons (Fsp3) is 0.357. The average molecular weight is 264 g/mol. The lowest BCUT2D eigenvalue weighted by Crippen LogP contribution is -2.12. The van der Waals surface area contributed by atoms with Gasteiger partial charge in [0.1, 0.15) is 0 Å². The van der Waals surface area contributed by atoms with Crippen LogP contribution < -0.4 is 5.32 Å². The van der Waals surface area contributed by atoms with Crippen molar-refractivity contribution in [2.45, 2.75) is 27.3 Å². The number of aromatic nitrogens is 2. The van der Waals surface area contributed by atoms with E-state index in [9.17, 15) is 0 Å². The molecule has 1 aromatic heterocycles. The number of nitrogens with zero attached hydrogens (tertiary/aromatic N) is 2. The summed E-state index contributed by atoms with van der Waals surface area (Å²) in [6, 6.07) is 8.34. The highest BCUT2D eigenvalue weighted by Gasteiger charge is 2.10. The molecule has 0 spiro atoms. The summed E-state index contributed by atoms with van der Waals surface area (Å²) in [6.07, 6.45) is 0. The van der Waals surface area contributed by atoms with Gasteiger partial charge in [-0.15, -0.1) is 0 Å². The summed E-state index contributed by atoms with van der Waals surface area (Å²) in [5, 5.41) is 8.53. The van der Waals surface area contributed by atoms with Crippen molar-refractivity contribution in [1.29, 1.82) is 0 Å². The third-order valence-electron chi connectivity index (χ3n) is 2.94. The summed E-state index contributed by atoms with van der Waals surface area (Å²) in [4.78, 5) is 0. The van der Waals surface area contributed by atoms with E-state index in [1.807, 2.05) is 30.7 Å². The smallest absolute Gasteiger partial charge is 0.0848 e. The standard InChI is InChI=1S/C14H18ClN3/c1-4-16-9-12-6-5-7-13(8-12)18-11(3)14(15)10(2)17-18/h5-8,16H,4,9H2,1-3H3. The van der Waals surface area contributed by atoms with E-state index in [1.54, 1.807) is 0 Å². The molecule has 0 fully saturated rings. The van der Waals surface area contributed by atoms with Crippen molar-refractivity contribution in [2.75, 3.05) is 6.54 Å². The van der Waals surface area contributed by atoms with E-state index in [-0.39, 0.29) is 0 Å². The monoisotopic (exact) mass is 263 g/mol. The van der Waals surface area contributed by atoms with Crippen LogP contribution in [0.15, 0.2) is 24.3 Å². The van der Waals surface area contributed by atoms with Gasteiger partial charge in [0, 0.05) is 6.54 Å². The molecule has 0 radical (unpaired) electrons. The lowest BCUT2D eigenvalue weighted by molar-refractivity contribution is 0.725. The van der Waals surface area contributed by atoms with Gasteiger partial charge in [0.25, 0.3) is 0 Å². The number of hydrogen-bond donors (Lipinski definition) is 1. The van der Waals surface area contributed by atoms with E-state index in [4.69, 9.17) is 11.6 Å². The van der Waals surface area contributed by atoms with Crippen LogP contribution in [0, 0.1) is 13.8 Å². The van der Waals surface area contributed by atoms with Crippen molar-refractivity contribution in [2.24, 2.45) is 0 Å². The Morgan fingerprint density at radius 2 is 2.11 bits per heavy atom. The summed E-state index contributed by atoms with van der Waals surface area (Å²) < 4.78 is 1.90. The van der Waals surface area contributed by atoms with Gasteiger partial charge < -0.3 is 5.32 Å². The molecule has 3 nitrogen and oxygen atoms in total. The molecule has 2 aromatic rings. The molecule has 4 heteroatoms. The fourth-order valence-corrected chi connectivity index (χ4v) is 2.06. The normalized spacial score (nSPS) is 10.9. The third kappa shape index (κ3) is 2.57. The molecule has 0 aliphatic carbocycles. The number of aryl methyl sites for hydroxylation is 1. The zero-order valence-corrected chi connectivity index (χ0v) is 11.8. The van der Waals surface area contributed by atoms with Gasteiger partial charge in [-0.05, 0) is 38.1 Å². The first-order valence-electron chi connectivity index (χ1n) is 6.15. The van der Waals surface area contributed by atoms with Crippen molar-refractivity contribution in [3.8, 4) is 5.69 Å². The Kier molecular flexibility index (Phi) is 4.04. The van der Waals surface area contributed by atoms with Gasteiger partial charge in [-0.25, -0.2) is 4.68 Å². The van der Waals surface area contributed by atoms with Gasteiger partial charge >= 0.3 is 0 Å². The summed E-state index contributed by atoms with van der Waals surface area (Å²) in [7, 11) is 0. The lowest BCUT2D eigenvalue weighted by atomic mass is 10.2. The summed E-state index contributed by atoms with van der Waals surface area (Å²) in [5.41, 5.74) is 4.15. The van der Waals surface area contributed by atoms with Crippen LogP contribution >= 0.6 is 11.6 Å². The molecule has 1 heterocycles. The highest BCUT2D eigenvalue weighted by Crippen LogP contribution is 2.22. The molecule has 0 amide bonds. The lowest BCUT2D eigenvalue weighted by Gasteiger charge is -2.07. The van der Waals surface area contributed by atoms with E-state index in [2.05, 4.69) is 29.5 Å². The molecule has 0 saturated carbocycles. The van der Waals surface area contributed by atoms with E-state index in [0.717, 1.165) is 35.2 Å². The molecule has 1 aromatic carbocycles. The summed E-state index contributed by atoms with van der Waals surface area (Å²) in [6.45, 7) is 7.85. The highest BCUT2D eigenvalue weighted by molar-refractivity contribution is 6.31. The highest BCUT2D eigenvalue weighted by atomic mass is 35.5. The van der Waals surface area contributed by atoms with E-state index in [0.29, 0.717) is 0 Å². The maximum absolute atomic E-state index is 6.18. The van der Waals surface area contributed by atoms with Gasteiger partial charge in [0.15, 0.2) is 0 Å². The maximum atomic E-state index is 6.18. The van der Waals surface area contributed by atoms with Gasteiger partial charge in [-0.3, -0.25) is 0 Å². The van der Waals surface area contributed by atoms with Gasteiger partial charge in [-0.1, -0.05) is 30.7 Å². The average Bonchev–Trinajstić information content (AvgIpc) is 2.64. The maximum Gasteiger partial charge on any atom is 0.0848 e. The Bertz CT molecular complexity index is 546. The molecule has 96 valence electrons. The van der Waals surface area contributed by atoms with Gasteiger partial charge in [-0.2, -0.15) is 5.10 Å². The number of benzene rings is 1. The van der Waals surface area contributed by atoms with E-state index >= 15 is 0 Å². The van der Waals surface area contributed by atoms with Crippen LogP contribution in [0.2, 0.25) is 5.02 Å². The second-order valence-corrected chi connectivity index (χ2v) is 4.72. The summed E-state index contributed by atoms with van der Waals surface area (Å²) >= 11 is 6.18. The van der Waals surface area contributed by atoms with Crippen molar-refractivity contribution in [3.63, 3.8) is 0 Å². The molecule has 0 unspecified atom stereocenters. The Morgan fingerprint density at radius 1 is 1.33 bits per heavy atom. The fourth-order valence-electron chi connectivity index (χ4n) is 1.94. The molecule has 0 bridgehead atoms. The number of halogens is 1. The largest absolute Gasteiger partial charge is 0.313 e. The zero-order chi connectivity index (χ0) is 13.1. The molecule has 0 aliphatic rings. The van der Waals surface area contributed by atoms with E-state index in [1.165, 1.54) is 5.56 Å². The van der Waals surface area contributed by atoms with Crippen LogP contribution in [0.4, 0.5) is 0 Å². The molecular weight excluding hydrogens is 246 g/mol. The molecule has 0 atom stereocenters. The zero-order valence-electron chi connectivity index (χ0n) is 11.0. The van der Waals surface area contributed by atoms with Gasteiger partial charge in [0.05, 0.1) is 22.1 Å². The predicted molar refractivity (Wildman–Crippen MR) is 75.4 cm³/mol. The predicted octanol–water partition coefficient (Wildman–Crippen LogP) is 3.25. The van der Waals surface area contributed by atoms with Crippen molar-refractivity contribution in [3.05, 3.63) is 46.2 Å². The Morgan fingerprint density at radius 3 is 2.72 bits per heavy atom. The number of nitrogens with one attached hydrogen (secondary N) is 1. The first kappa shape index (κ1) is 13.1. The minimum Gasteiger partial charge on any atom is -0.313 e. The topological polar surface area (TPSA) is 29.9 Å². The second-order valence-electron chi connectivity index (χ2n) is 4.35. The molecule has 0 saturated heterocycles. The van der Waals surface area contributed by atoms with Crippen molar-refractivity contribution < 1.29 is 0 Å². The number of rotatable bonds is 4. The first-order valence-corrected chi connectivity index (χ1v) is 6.53. The quantitative estimate of drug-likeness (QED) is 0.918. The molecular formula is C14H18ClN3. The van der Waals surface area contributed by atoms with Crippen molar-refractivity contribution >= 4 is 11.6 Å². The Balaban J connectivity index is 2.35. The van der Waals surface area contributed by atoms with Crippen molar-refractivity contribution in [1.82, 2.24) is 15.1 Å². The molecule has 0 aliphatic heterocycles. The summed E-state index contributed by atoms with van der Waals surface area (Å²) in [5.74, 6) is 0. The van der Waals surface area contributed by atoms with Crippen LogP contribution in [0.3, 0.4) is 0 Å². The molecule has 2 rings (SSSR count). The number of hydrogen-bond acceptors (Lipinski definition) is 2. The van der Waals surface area contributed by atoms with Crippen LogP contribution in [0.1, 0.15) is 23.9 Å². The van der Waals surface area contributed by atoms with Crippen LogP contribution in [-0.4, -0.2) is 16.3 Å². The Hall–Kier alpha value is -1.32. The first-order chi connectivity index (χ1) is 8.63. The molecule has 1 N–H and O–H groups in total. The Labute approximate surface area is 113 Å². The van der Waals surface area contributed by atoms with E-state index < -0.39 is 0 Å². The third-order valence-corrected chi connectivity index (χ3v) is 3.48. The van der Waals surface area contributed by atoms with Crippen LogP contribution in [-0.2, 0) is 6.54 Å². The SMILES string of the molecule is CCNCc1cccc(-n2nc(C)c(Cl)c2C)c1. The minimum absolute atomic E-state index is 0.743. The van der Waals surface area contributed by atoms with Crippen LogP contribution in [0.5, 0.6) is 0 Å². The second kappa shape index (κ2) is 5.55. The minimum atomic E-state index is 0.743. The van der Waals surface area contributed by atoms with Crippen LogP contribution in [0.25, 0.3) is 5.69 Å².